The van der Waals surface area contributed by atoms with E-state index < -0.39 is 0 Å². The smallest absolute Gasteiger partial charge is 0.264 e. The molecule has 0 spiro atoms. The summed E-state index contributed by atoms with van der Waals surface area (Å²) in [4.78, 5) is 40.6. The molecule has 0 aromatic carbocycles. The quantitative estimate of drug-likeness (QED) is 0.865. The maximum atomic E-state index is 12.3. The van der Waals surface area contributed by atoms with Gasteiger partial charge < -0.3 is 15.1 Å². The van der Waals surface area contributed by atoms with Crippen LogP contribution >= 0.6 is 22.7 Å². The average molecular weight is 377 g/mol. The Kier molecular flexibility index (Phi) is 5.83. The third-order valence-electron chi connectivity index (χ3n) is 4.06. The maximum Gasteiger partial charge on any atom is 0.264 e. The molecule has 3 heterocycles. The Morgan fingerprint density at radius 3 is 2.44 bits per heavy atom. The van der Waals surface area contributed by atoms with Crippen LogP contribution in [-0.2, 0) is 4.79 Å². The molecule has 0 unspecified atom stereocenters. The Morgan fingerprint density at radius 2 is 1.80 bits per heavy atom. The number of hydrogen-bond donors (Lipinski definition) is 1. The number of hydrogen-bond acceptors (Lipinski definition) is 5. The molecular formula is C17H19N3O3S2. The molecule has 0 bridgehead atoms. The van der Waals surface area contributed by atoms with Crippen molar-refractivity contribution in [2.24, 2.45) is 0 Å². The van der Waals surface area contributed by atoms with E-state index in [0.717, 1.165) is 4.88 Å². The molecule has 1 N–H and O–H groups in total. The van der Waals surface area contributed by atoms with Gasteiger partial charge in [0.05, 0.1) is 4.88 Å². The summed E-state index contributed by atoms with van der Waals surface area (Å²) < 4.78 is 0. The molecule has 6 nitrogen and oxygen atoms in total. The number of rotatable bonds is 5. The summed E-state index contributed by atoms with van der Waals surface area (Å²) in [6.45, 7) is 2.48. The summed E-state index contributed by atoms with van der Waals surface area (Å²) in [6, 6.07) is 5.44. The van der Waals surface area contributed by atoms with E-state index in [-0.39, 0.29) is 24.1 Å². The topological polar surface area (TPSA) is 69.7 Å². The van der Waals surface area contributed by atoms with Crippen molar-refractivity contribution in [3.05, 3.63) is 44.8 Å². The van der Waals surface area contributed by atoms with E-state index in [2.05, 4.69) is 5.32 Å². The van der Waals surface area contributed by atoms with Crippen LogP contribution in [0.1, 0.15) is 26.5 Å². The molecule has 3 rings (SSSR count). The van der Waals surface area contributed by atoms with Gasteiger partial charge in [-0.15, -0.1) is 11.3 Å². The molecule has 0 saturated carbocycles. The highest BCUT2D eigenvalue weighted by Gasteiger charge is 2.25. The van der Waals surface area contributed by atoms with Gasteiger partial charge in [-0.05, 0) is 22.9 Å². The number of nitrogens with one attached hydrogen (secondary N) is 1. The predicted molar refractivity (Wildman–Crippen MR) is 98.1 cm³/mol. The average Bonchev–Trinajstić information content (AvgIpc) is 3.34. The molecule has 1 aliphatic rings. The third-order valence-corrected chi connectivity index (χ3v) is 5.60. The minimum absolute atomic E-state index is 0.00819. The van der Waals surface area contributed by atoms with Crippen molar-refractivity contribution in [3.63, 3.8) is 0 Å². The highest BCUT2D eigenvalue weighted by atomic mass is 32.1. The number of piperazine rings is 1. The predicted octanol–water partition coefficient (Wildman–Crippen LogP) is 1.91. The standard InChI is InChI=1S/C17H19N3O3S2/c21-15(3-5-18-16(22)13-4-11-24-12-13)19-6-8-20(9-7-19)17(23)14-2-1-10-25-14/h1-2,4,10-12H,3,5-9H2,(H,18,22). The summed E-state index contributed by atoms with van der Waals surface area (Å²) in [5.41, 5.74) is 0.623. The van der Waals surface area contributed by atoms with E-state index in [1.165, 1.54) is 22.7 Å². The zero-order valence-electron chi connectivity index (χ0n) is 13.6. The van der Waals surface area contributed by atoms with E-state index in [1.54, 1.807) is 21.2 Å². The summed E-state index contributed by atoms with van der Waals surface area (Å²) in [5, 5.41) is 8.27. The first kappa shape index (κ1) is 17.6. The van der Waals surface area contributed by atoms with Crippen molar-refractivity contribution in [1.29, 1.82) is 0 Å². The molecule has 1 aliphatic heterocycles. The van der Waals surface area contributed by atoms with Gasteiger partial charge in [-0.25, -0.2) is 0 Å². The molecule has 0 atom stereocenters. The van der Waals surface area contributed by atoms with Gasteiger partial charge in [0.15, 0.2) is 0 Å². The van der Waals surface area contributed by atoms with Gasteiger partial charge >= 0.3 is 0 Å². The minimum Gasteiger partial charge on any atom is -0.351 e. The number of nitrogens with zero attached hydrogens (tertiary/aromatic N) is 2. The largest absolute Gasteiger partial charge is 0.351 e. The summed E-state index contributed by atoms with van der Waals surface area (Å²) in [6.07, 6.45) is 0.273. The molecule has 0 radical (unpaired) electrons. The fraction of sp³-hybridized carbons (Fsp3) is 0.353. The lowest BCUT2D eigenvalue weighted by atomic mass is 10.2. The maximum absolute atomic E-state index is 12.3. The van der Waals surface area contributed by atoms with Gasteiger partial charge in [0.2, 0.25) is 5.91 Å². The molecule has 132 valence electrons. The molecule has 1 saturated heterocycles. The van der Waals surface area contributed by atoms with E-state index in [9.17, 15) is 14.4 Å². The van der Waals surface area contributed by atoms with Crippen molar-refractivity contribution in [3.8, 4) is 0 Å². The normalized spacial score (nSPS) is 14.4. The lowest BCUT2D eigenvalue weighted by Crippen LogP contribution is -2.50. The van der Waals surface area contributed by atoms with Crippen LogP contribution in [0.3, 0.4) is 0 Å². The van der Waals surface area contributed by atoms with Gasteiger partial charge in [-0.1, -0.05) is 6.07 Å². The molecule has 0 aliphatic carbocycles. The lowest BCUT2D eigenvalue weighted by Gasteiger charge is -2.34. The van der Waals surface area contributed by atoms with Crippen molar-refractivity contribution < 1.29 is 14.4 Å². The first-order valence-corrected chi connectivity index (χ1v) is 9.88. The van der Waals surface area contributed by atoms with Gasteiger partial charge in [0.1, 0.15) is 0 Å². The van der Waals surface area contributed by atoms with E-state index in [0.29, 0.717) is 38.3 Å². The zero-order valence-corrected chi connectivity index (χ0v) is 15.3. The van der Waals surface area contributed by atoms with Gasteiger partial charge in [-0.3, -0.25) is 14.4 Å². The van der Waals surface area contributed by atoms with Gasteiger partial charge in [-0.2, -0.15) is 11.3 Å². The summed E-state index contributed by atoms with van der Waals surface area (Å²) >= 11 is 2.90. The second kappa shape index (κ2) is 8.26. The molecule has 3 amide bonds. The van der Waals surface area contributed by atoms with Crippen LogP contribution in [0.2, 0.25) is 0 Å². The summed E-state index contributed by atoms with van der Waals surface area (Å²) in [5.74, 6) is -0.112. The van der Waals surface area contributed by atoms with Crippen molar-refractivity contribution in [2.45, 2.75) is 6.42 Å². The minimum atomic E-state index is -0.152. The first-order valence-electron chi connectivity index (χ1n) is 8.06. The Balaban J connectivity index is 1.39. The van der Waals surface area contributed by atoms with Crippen LogP contribution in [0, 0.1) is 0 Å². The number of carbonyl (C=O) groups excluding carboxylic acids is 3. The second-order valence-electron chi connectivity index (χ2n) is 5.67. The lowest BCUT2D eigenvalue weighted by molar-refractivity contribution is -0.132. The number of carbonyl (C=O) groups is 3. The van der Waals surface area contributed by atoms with Crippen molar-refractivity contribution >= 4 is 40.4 Å². The van der Waals surface area contributed by atoms with Gasteiger partial charge in [0.25, 0.3) is 11.8 Å². The molecule has 2 aromatic heterocycles. The molecule has 1 fully saturated rings. The Labute approximate surface area is 154 Å². The fourth-order valence-electron chi connectivity index (χ4n) is 2.65. The SMILES string of the molecule is O=C(NCCC(=O)N1CCN(C(=O)c2cccs2)CC1)c1ccsc1. The monoisotopic (exact) mass is 377 g/mol. The number of thiophene rings is 2. The molecule has 8 heteroatoms. The highest BCUT2D eigenvalue weighted by molar-refractivity contribution is 7.12. The van der Waals surface area contributed by atoms with Gasteiger partial charge in [0, 0.05) is 50.1 Å². The van der Waals surface area contributed by atoms with Crippen LogP contribution in [-0.4, -0.2) is 60.2 Å². The van der Waals surface area contributed by atoms with E-state index in [1.807, 2.05) is 22.9 Å². The second-order valence-corrected chi connectivity index (χ2v) is 7.40. The van der Waals surface area contributed by atoms with E-state index >= 15 is 0 Å². The zero-order chi connectivity index (χ0) is 17.6. The molecule has 2 aromatic rings. The molecule has 25 heavy (non-hydrogen) atoms. The van der Waals surface area contributed by atoms with Crippen molar-refractivity contribution in [1.82, 2.24) is 15.1 Å². The van der Waals surface area contributed by atoms with Crippen molar-refractivity contribution in [2.75, 3.05) is 32.7 Å². The van der Waals surface area contributed by atoms with Crippen LogP contribution in [0.15, 0.2) is 34.3 Å². The van der Waals surface area contributed by atoms with Crippen LogP contribution in [0.5, 0.6) is 0 Å². The fourth-order valence-corrected chi connectivity index (χ4v) is 3.98. The highest BCUT2D eigenvalue weighted by Crippen LogP contribution is 2.14. The summed E-state index contributed by atoms with van der Waals surface area (Å²) in [7, 11) is 0. The first-order chi connectivity index (χ1) is 12.1. The number of amides is 3. The Bertz CT molecular complexity index is 720. The van der Waals surface area contributed by atoms with Crippen LogP contribution in [0.4, 0.5) is 0 Å². The van der Waals surface area contributed by atoms with Crippen LogP contribution in [0.25, 0.3) is 0 Å². The molecular weight excluding hydrogens is 358 g/mol. The third kappa shape index (κ3) is 4.46. The van der Waals surface area contributed by atoms with Crippen LogP contribution < -0.4 is 5.32 Å². The van der Waals surface area contributed by atoms with E-state index in [4.69, 9.17) is 0 Å². The Morgan fingerprint density at radius 1 is 1.04 bits per heavy atom. The Hall–Kier alpha value is -2.19.